The fourth-order valence-corrected chi connectivity index (χ4v) is 2.63. The van der Waals surface area contributed by atoms with E-state index in [-0.39, 0.29) is 0 Å². The summed E-state index contributed by atoms with van der Waals surface area (Å²) in [7, 11) is 1.72. The molecule has 1 unspecified atom stereocenters. The van der Waals surface area contributed by atoms with Crippen LogP contribution in [-0.4, -0.2) is 18.1 Å². The average Bonchev–Trinajstić information content (AvgIpc) is 2.69. The summed E-state index contributed by atoms with van der Waals surface area (Å²) in [5.41, 5.74) is 1.10. The van der Waals surface area contributed by atoms with Crippen LogP contribution >= 0.6 is 11.3 Å². The summed E-state index contributed by atoms with van der Waals surface area (Å²) >= 11 is 1.82. The molecule has 1 aromatic heterocycles. The molecule has 0 bridgehead atoms. The highest BCUT2D eigenvalue weighted by Crippen LogP contribution is 2.27. The summed E-state index contributed by atoms with van der Waals surface area (Å²) in [5.74, 6) is 0.545. The van der Waals surface area contributed by atoms with Gasteiger partial charge in [-0.1, -0.05) is 27.7 Å². The fraction of sp³-hybridized carbons (Fsp3) is 0.769. The molecule has 1 atom stereocenters. The van der Waals surface area contributed by atoms with E-state index >= 15 is 0 Å². The third-order valence-corrected chi connectivity index (χ3v) is 4.11. The van der Waals surface area contributed by atoms with Gasteiger partial charge in [0.25, 0.3) is 0 Å². The van der Waals surface area contributed by atoms with Crippen molar-refractivity contribution in [3.8, 4) is 0 Å². The van der Waals surface area contributed by atoms with E-state index in [4.69, 9.17) is 9.72 Å². The molecule has 0 fully saturated rings. The first-order valence-corrected chi connectivity index (χ1v) is 7.10. The lowest BCUT2D eigenvalue weighted by molar-refractivity contribution is 0.181. The van der Waals surface area contributed by atoms with Gasteiger partial charge in [-0.3, -0.25) is 0 Å². The van der Waals surface area contributed by atoms with Crippen molar-refractivity contribution in [3.05, 3.63) is 15.6 Å². The van der Waals surface area contributed by atoms with Crippen molar-refractivity contribution in [3.63, 3.8) is 0 Å². The van der Waals surface area contributed by atoms with E-state index in [1.807, 2.05) is 11.3 Å². The monoisotopic (exact) mass is 256 g/mol. The summed E-state index contributed by atoms with van der Waals surface area (Å²) in [6, 6.07) is 0.500. The Balaban J connectivity index is 2.80. The molecular formula is C13H24N2OS. The van der Waals surface area contributed by atoms with Gasteiger partial charge >= 0.3 is 0 Å². The summed E-state index contributed by atoms with van der Waals surface area (Å²) in [6.07, 6.45) is 1.14. The summed E-state index contributed by atoms with van der Waals surface area (Å²) in [4.78, 5) is 6.02. The maximum atomic E-state index is 5.22. The zero-order valence-corrected chi connectivity index (χ0v) is 12.4. The predicted molar refractivity (Wildman–Crippen MR) is 73.5 cm³/mol. The molecule has 1 heterocycles. The number of nitrogens with zero attached hydrogens (tertiary/aromatic N) is 1. The Hall–Kier alpha value is -0.450. The summed E-state index contributed by atoms with van der Waals surface area (Å²) in [5, 5.41) is 4.68. The first-order valence-electron chi connectivity index (χ1n) is 6.29. The summed E-state index contributed by atoms with van der Waals surface area (Å²) < 4.78 is 5.22. The lowest BCUT2D eigenvalue weighted by Crippen LogP contribution is -2.21. The van der Waals surface area contributed by atoms with Crippen molar-refractivity contribution in [1.29, 1.82) is 0 Å². The Kier molecular flexibility index (Phi) is 6.09. The van der Waals surface area contributed by atoms with Gasteiger partial charge < -0.3 is 10.1 Å². The van der Waals surface area contributed by atoms with Gasteiger partial charge in [0, 0.05) is 30.5 Å². The standard InChI is InChI=1S/C13H24N2OS/c1-6-10(4)13-15-11(8-16-5)12(17-13)7-14-9(2)3/h9-10,14H,6-8H2,1-5H3. The number of ether oxygens (including phenoxy) is 1. The van der Waals surface area contributed by atoms with Gasteiger partial charge in [0.15, 0.2) is 0 Å². The molecule has 0 aliphatic carbocycles. The molecule has 0 spiro atoms. The van der Waals surface area contributed by atoms with Crippen molar-refractivity contribution in [2.45, 2.75) is 59.2 Å². The first kappa shape index (κ1) is 14.6. The lowest BCUT2D eigenvalue weighted by atomic mass is 10.1. The van der Waals surface area contributed by atoms with Gasteiger partial charge in [-0.05, 0) is 6.42 Å². The van der Waals surface area contributed by atoms with Gasteiger partial charge in [0.2, 0.25) is 0 Å². The van der Waals surface area contributed by atoms with Crippen LogP contribution < -0.4 is 5.32 Å². The molecule has 0 saturated heterocycles. The third kappa shape index (κ3) is 4.37. The molecule has 0 aliphatic rings. The van der Waals surface area contributed by atoms with E-state index < -0.39 is 0 Å². The van der Waals surface area contributed by atoms with E-state index in [0.29, 0.717) is 18.6 Å². The van der Waals surface area contributed by atoms with E-state index in [0.717, 1.165) is 18.7 Å². The van der Waals surface area contributed by atoms with Gasteiger partial charge in [-0.2, -0.15) is 0 Å². The van der Waals surface area contributed by atoms with Crippen LogP contribution in [0.5, 0.6) is 0 Å². The number of hydrogen-bond acceptors (Lipinski definition) is 4. The van der Waals surface area contributed by atoms with Crippen LogP contribution in [0.3, 0.4) is 0 Å². The zero-order chi connectivity index (χ0) is 12.8. The van der Waals surface area contributed by atoms with E-state index in [9.17, 15) is 0 Å². The Labute approximate surface area is 109 Å². The molecular weight excluding hydrogens is 232 g/mol. The molecule has 1 rings (SSSR count). The second-order valence-corrected chi connectivity index (χ2v) is 5.82. The highest BCUT2D eigenvalue weighted by Gasteiger charge is 2.14. The minimum Gasteiger partial charge on any atom is -0.378 e. The Morgan fingerprint density at radius 1 is 1.35 bits per heavy atom. The maximum Gasteiger partial charge on any atom is 0.0960 e. The summed E-state index contributed by atoms with van der Waals surface area (Å²) in [6.45, 7) is 10.3. The predicted octanol–water partition coefficient (Wildman–Crippen LogP) is 3.30. The van der Waals surface area contributed by atoms with Gasteiger partial charge in [0.05, 0.1) is 17.3 Å². The number of aromatic nitrogens is 1. The number of rotatable bonds is 7. The largest absolute Gasteiger partial charge is 0.378 e. The van der Waals surface area contributed by atoms with Gasteiger partial charge in [-0.15, -0.1) is 11.3 Å². The number of nitrogens with one attached hydrogen (secondary N) is 1. The maximum absolute atomic E-state index is 5.22. The van der Waals surface area contributed by atoms with Crippen LogP contribution in [-0.2, 0) is 17.9 Å². The molecule has 0 amide bonds. The quantitative estimate of drug-likeness (QED) is 0.813. The van der Waals surface area contributed by atoms with Crippen molar-refractivity contribution < 1.29 is 4.74 Å². The molecule has 1 aromatic rings. The van der Waals surface area contributed by atoms with E-state index in [1.165, 1.54) is 9.88 Å². The van der Waals surface area contributed by atoms with Crippen LogP contribution in [0, 0.1) is 0 Å². The SMILES string of the molecule is CCC(C)c1nc(COC)c(CNC(C)C)s1. The van der Waals surface area contributed by atoms with E-state index in [1.54, 1.807) is 7.11 Å². The van der Waals surface area contributed by atoms with Gasteiger partial charge in [0.1, 0.15) is 0 Å². The molecule has 0 saturated carbocycles. The molecule has 0 aliphatic heterocycles. The highest BCUT2D eigenvalue weighted by atomic mass is 32.1. The minimum atomic E-state index is 0.500. The Morgan fingerprint density at radius 2 is 2.06 bits per heavy atom. The molecule has 4 heteroatoms. The normalized spacial score (nSPS) is 13.3. The molecule has 1 N–H and O–H groups in total. The van der Waals surface area contributed by atoms with Crippen molar-refractivity contribution in [1.82, 2.24) is 10.3 Å². The number of thiazole rings is 1. The molecule has 0 aromatic carbocycles. The Bertz CT molecular complexity index is 336. The van der Waals surface area contributed by atoms with Crippen LogP contribution in [0.15, 0.2) is 0 Å². The fourth-order valence-electron chi connectivity index (χ4n) is 1.47. The van der Waals surface area contributed by atoms with Crippen molar-refractivity contribution >= 4 is 11.3 Å². The number of methoxy groups -OCH3 is 1. The second-order valence-electron chi connectivity index (χ2n) is 4.70. The Morgan fingerprint density at radius 3 is 2.59 bits per heavy atom. The van der Waals surface area contributed by atoms with Crippen molar-refractivity contribution in [2.75, 3.05) is 7.11 Å². The smallest absolute Gasteiger partial charge is 0.0960 e. The van der Waals surface area contributed by atoms with Crippen LogP contribution in [0.2, 0.25) is 0 Å². The zero-order valence-electron chi connectivity index (χ0n) is 11.5. The first-order chi connectivity index (χ1) is 8.08. The van der Waals surface area contributed by atoms with Crippen LogP contribution in [0.1, 0.15) is 55.6 Å². The van der Waals surface area contributed by atoms with Crippen LogP contribution in [0.25, 0.3) is 0 Å². The minimum absolute atomic E-state index is 0.500. The number of hydrogen-bond donors (Lipinski definition) is 1. The average molecular weight is 256 g/mol. The lowest BCUT2D eigenvalue weighted by Gasteiger charge is -2.07. The second kappa shape index (κ2) is 7.09. The third-order valence-electron chi connectivity index (χ3n) is 2.78. The van der Waals surface area contributed by atoms with Crippen molar-refractivity contribution in [2.24, 2.45) is 0 Å². The van der Waals surface area contributed by atoms with E-state index in [2.05, 4.69) is 33.0 Å². The molecule has 0 radical (unpaired) electrons. The molecule has 17 heavy (non-hydrogen) atoms. The van der Waals surface area contributed by atoms with Gasteiger partial charge in [-0.25, -0.2) is 4.98 Å². The topological polar surface area (TPSA) is 34.1 Å². The molecule has 98 valence electrons. The molecule has 3 nitrogen and oxygen atoms in total. The highest BCUT2D eigenvalue weighted by molar-refractivity contribution is 7.11. The van der Waals surface area contributed by atoms with Crippen LogP contribution in [0.4, 0.5) is 0 Å².